The number of hydrogen-bond acceptors (Lipinski definition) is 3. The first-order chi connectivity index (χ1) is 8.78. The predicted molar refractivity (Wildman–Crippen MR) is 71.3 cm³/mol. The maximum absolute atomic E-state index is 9.25. The molecular formula is C14H14BO3. The number of benzene rings is 2. The molecular weight excluding hydrogens is 227 g/mol. The first-order valence-corrected chi connectivity index (χ1v) is 5.70. The van der Waals surface area contributed by atoms with Gasteiger partial charge in [-0.05, 0) is 39.8 Å². The van der Waals surface area contributed by atoms with Crippen LogP contribution in [-0.2, 0) is 13.2 Å². The first kappa shape index (κ1) is 12.8. The fraction of sp³-hybridized carbons (Fsp3) is 0.143. The minimum Gasteiger partial charge on any atom is -0.450 e. The van der Waals surface area contributed by atoms with E-state index in [2.05, 4.69) is 0 Å². The van der Waals surface area contributed by atoms with Gasteiger partial charge in [0.05, 0.1) is 13.2 Å². The summed E-state index contributed by atoms with van der Waals surface area (Å²) < 4.78 is 0. The van der Waals surface area contributed by atoms with Gasteiger partial charge in [0.15, 0.2) is 0 Å². The van der Waals surface area contributed by atoms with E-state index in [4.69, 9.17) is 10.1 Å². The Morgan fingerprint density at radius 1 is 0.889 bits per heavy atom. The molecule has 0 aromatic heterocycles. The monoisotopic (exact) mass is 241 g/mol. The number of aliphatic hydroxyl groups excluding tert-OH is 2. The first-order valence-electron chi connectivity index (χ1n) is 5.70. The van der Waals surface area contributed by atoms with Crippen molar-refractivity contribution in [1.82, 2.24) is 0 Å². The average Bonchev–Trinajstić information content (AvgIpc) is 2.46. The lowest BCUT2D eigenvalue weighted by molar-refractivity contribution is 0.281. The highest BCUT2D eigenvalue weighted by Gasteiger charge is 2.05. The second kappa shape index (κ2) is 5.82. The van der Waals surface area contributed by atoms with Gasteiger partial charge in [0.1, 0.15) is 0 Å². The molecule has 2 aromatic carbocycles. The largest absolute Gasteiger partial charge is 0.450 e. The summed E-state index contributed by atoms with van der Waals surface area (Å²) in [6.07, 6.45) is 0. The van der Waals surface area contributed by atoms with E-state index in [-0.39, 0.29) is 13.2 Å². The van der Waals surface area contributed by atoms with E-state index in [0.29, 0.717) is 11.0 Å². The maximum Gasteiger partial charge on any atom is 0.327 e. The van der Waals surface area contributed by atoms with E-state index in [1.807, 2.05) is 36.4 Å². The van der Waals surface area contributed by atoms with Crippen LogP contribution < -0.4 is 5.46 Å². The normalized spacial score (nSPS) is 10.4. The molecule has 0 saturated heterocycles. The topological polar surface area (TPSA) is 60.7 Å². The molecule has 0 heterocycles. The Balaban J connectivity index is 2.43. The third kappa shape index (κ3) is 2.62. The lowest BCUT2D eigenvalue weighted by Gasteiger charge is -2.08. The minimum atomic E-state index is -0.125. The molecule has 0 bridgehead atoms. The van der Waals surface area contributed by atoms with Crippen LogP contribution in [0.5, 0.6) is 0 Å². The zero-order valence-electron chi connectivity index (χ0n) is 9.87. The van der Waals surface area contributed by atoms with E-state index in [1.54, 1.807) is 6.07 Å². The standard InChI is InChI=1S/C14H14BO3/c16-8-10-2-1-3-11(6-10)12-4-5-14(15-18)13(7-12)9-17/h1-7,16-18H,8-9H2. The van der Waals surface area contributed by atoms with Gasteiger partial charge in [0, 0.05) is 0 Å². The molecule has 0 unspecified atom stereocenters. The molecule has 0 amide bonds. The highest BCUT2D eigenvalue weighted by molar-refractivity contribution is 6.46. The Kier molecular flexibility index (Phi) is 4.15. The van der Waals surface area contributed by atoms with Crippen molar-refractivity contribution >= 4 is 12.9 Å². The summed E-state index contributed by atoms with van der Waals surface area (Å²) in [6, 6.07) is 13.0. The smallest absolute Gasteiger partial charge is 0.327 e. The molecule has 0 atom stereocenters. The Morgan fingerprint density at radius 3 is 2.33 bits per heavy atom. The molecule has 2 aromatic rings. The van der Waals surface area contributed by atoms with Crippen molar-refractivity contribution in [3.63, 3.8) is 0 Å². The fourth-order valence-electron chi connectivity index (χ4n) is 1.90. The van der Waals surface area contributed by atoms with Crippen LogP contribution in [0.4, 0.5) is 0 Å². The Bertz CT molecular complexity index is 540. The zero-order chi connectivity index (χ0) is 13.0. The minimum absolute atomic E-state index is 0.00317. The van der Waals surface area contributed by atoms with Gasteiger partial charge < -0.3 is 15.2 Å². The molecule has 4 heteroatoms. The molecule has 0 aliphatic heterocycles. The van der Waals surface area contributed by atoms with Crippen LogP contribution in [-0.4, -0.2) is 22.7 Å². The van der Waals surface area contributed by atoms with Crippen LogP contribution in [0.1, 0.15) is 11.1 Å². The van der Waals surface area contributed by atoms with Crippen molar-refractivity contribution in [2.75, 3.05) is 0 Å². The lowest BCUT2D eigenvalue weighted by atomic mass is 9.83. The molecule has 0 fully saturated rings. The molecule has 3 N–H and O–H groups in total. The highest BCUT2D eigenvalue weighted by Crippen LogP contribution is 2.21. The quantitative estimate of drug-likeness (QED) is 0.686. The van der Waals surface area contributed by atoms with Crippen molar-refractivity contribution in [1.29, 1.82) is 0 Å². The van der Waals surface area contributed by atoms with Crippen LogP contribution >= 0.6 is 0 Å². The molecule has 0 aliphatic rings. The van der Waals surface area contributed by atoms with E-state index in [1.165, 1.54) is 0 Å². The van der Waals surface area contributed by atoms with Gasteiger partial charge in [-0.1, -0.05) is 30.3 Å². The van der Waals surface area contributed by atoms with E-state index in [0.717, 1.165) is 24.2 Å². The number of hydrogen-bond donors (Lipinski definition) is 3. The third-order valence-corrected chi connectivity index (χ3v) is 2.90. The van der Waals surface area contributed by atoms with Crippen molar-refractivity contribution < 1.29 is 15.2 Å². The summed E-state index contributed by atoms with van der Waals surface area (Å²) in [5, 5.41) is 27.4. The lowest BCUT2D eigenvalue weighted by Crippen LogP contribution is -2.18. The zero-order valence-corrected chi connectivity index (χ0v) is 9.87. The second-order valence-electron chi connectivity index (χ2n) is 4.06. The second-order valence-corrected chi connectivity index (χ2v) is 4.06. The van der Waals surface area contributed by atoms with Crippen molar-refractivity contribution in [2.24, 2.45) is 0 Å². The van der Waals surface area contributed by atoms with E-state index < -0.39 is 0 Å². The molecule has 18 heavy (non-hydrogen) atoms. The predicted octanol–water partition coefficient (Wildman–Crippen LogP) is 0.575. The van der Waals surface area contributed by atoms with Crippen LogP contribution in [0, 0.1) is 0 Å². The summed E-state index contributed by atoms with van der Waals surface area (Å²) >= 11 is 0. The molecule has 3 nitrogen and oxygen atoms in total. The molecule has 1 radical (unpaired) electrons. The summed E-state index contributed by atoms with van der Waals surface area (Å²) in [5.41, 5.74) is 4.04. The maximum atomic E-state index is 9.25. The molecule has 0 spiro atoms. The van der Waals surface area contributed by atoms with Gasteiger partial charge in [-0.15, -0.1) is 0 Å². The van der Waals surface area contributed by atoms with Crippen LogP contribution in [0.15, 0.2) is 42.5 Å². The molecule has 91 valence electrons. The van der Waals surface area contributed by atoms with Gasteiger partial charge in [0.2, 0.25) is 0 Å². The number of aliphatic hydroxyl groups is 2. The van der Waals surface area contributed by atoms with Gasteiger partial charge >= 0.3 is 7.48 Å². The summed E-state index contributed by atoms with van der Waals surface area (Å²) in [4.78, 5) is 0. The van der Waals surface area contributed by atoms with Crippen LogP contribution in [0.25, 0.3) is 11.1 Å². The van der Waals surface area contributed by atoms with Crippen LogP contribution in [0.2, 0.25) is 0 Å². The Morgan fingerprint density at radius 2 is 1.67 bits per heavy atom. The fourth-order valence-corrected chi connectivity index (χ4v) is 1.90. The van der Waals surface area contributed by atoms with Gasteiger partial charge in [-0.25, -0.2) is 0 Å². The van der Waals surface area contributed by atoms with Gasteiger partial charge in [0.25, 0.3) is 0 Å². The van der Waals surface area contributed by atoms with Gasteiger partial charge in [-0.3, -0.25) is 0 Å². The summed E-state index contributed by atoms with van der Waals surface area (Å²) in [6.45, 7) is -0.122. The van der Waals surface area contributed by atoms with Crippen molar-refractivity contribution in [3.8, 4) is 11.1 Å². The summed E-state index contributed by atoms with van der Waals surface area (Å²) in [7, 11) is 0.986. The molecule has 0 aliphatic carbocycles. The Labute approximate surface area is 107 Å². The number of rotatable bonds is 4. The molecule has 0 saturated carbocycles. The van der Waals surface area contributed by atoms with Gasteiger partial charge in [-0.2, -0.15) is 0 Å². The molecule has 2 rings (SSSR count). The van der Waals surface area contributed by atoms with E-state index >= 15 is 0 Å². The summed E-state index contributed by atoms with van der Waals surface area (Å²) in [5.74, 6) is 0. The average molecular weight is 241 g/mol. The van der Waals surface area contributed by atoms with E-state index in [9.17, 15) is 5.11 Å². The Hall–Kier alpha value is -1.62. The highest BCUT2D eigenvalue weighted by atomic mass is 16.3. The van der Waals surface area contributed by atoms with Crippen LogP contribution in [0.3, 0.4) is 0 Å². The third-order valence-electron chi connectivity index (χ3n) is 2.90. The SMILES string of the molecule is O[B]c1ccc(-c2cccc(CO)c2)cc1CO. The van der Waals surface area contributed by atoms with Crippen molar-refractivity contribution in [2.45, 2.75) is 13.2 Å². The van der Waals surface area contributed by atoms with Crippen molar-refractivity contribution in [3.05, 3.63) is 53.6 Å².